The molecule has 33 heavy (non-hydrogen) atoms. The molecule has 0 spiro atoms. The predicted octanol–water partition coefficient (Wildman–Crippen LogP) is 2.74. The molecule has 1 heterocycles. The molecule has 1 N–H and O–H groups in total. The van der Waals surface area contributed by atoms with Gasteiger partial charge in [0.25, 0.3) is 0 Å². The topological polar surface area (TPSA) is 99.6 Å². The first kappa shape index (κ1) is 23.9. The van der Waals surface area contributed by atoms with Crippen molar-refractivity contribution in [2.45, 2.75) is 12.4 Å². The molecule has 0 saturated carbocycles. The zero-order valence-corrected chi connectivity index (χ0v) is 17.4. The number of likely N-dealkylation sites (N-methyl/N-ethyl adjacent to an activating group) is 1. The summed E-state index contributed by atoms with van der Waals surface area (Å²) in [4.78, 5) is 37.1. The summed E-state index contributed by atoms with van der Waals surface area (Å²) >= 11 is 0. The number of halogens is 3. The predicted molar refractivity (Wildman–Crippen MR) is 107 cm³/mol. The maximum absolute atomic E-state index is 12.3. The number of hydrogen-bond donors (Lipinski definition) is 1. The summed E-state index contributed by atoms with van der Waals surface area (Å²) < 4.78 is 46.2. The van der Waals surface area contributed by atoms with Gasteiger partial charge in [0.1, 0.15) is 30.7 Å². The number of carbonyl (C=O) groups excluding carboxylic acids is 3. The van der Waals surface area contributed by atoms with Crippen LogP contribution in [0.5, 0.6) is 11.5 Å². The number of imide groups is 1. The van der Waals surface area contributed by atoms with E-state index in [-0.39, 0.29) is 31.9 Å². The highest BCUT2D eigenvalue weighted by atomic mass is 19.4. The van der Waals surface area contributed by atoms with Crippen molar-refractivity contribution in [1.29, 1.82) is 0 Å². The van der Waals surface area contributed by atoms with Crippen LogP contribution in [0.3, 0.4) is 0 Å². The number of nitrogens with zero attached hydrogens (tertiary/aromatic N) is 3. The molecule has 4 amide bonds. The van der Waals surface area contributed by atoms with E-state index in [9.17, 15) is 32.8 Å². The number of hydrogen-bond acceptors (Lipinski definition) is 6. The van der Waals surface area contributed by atoms with E-state index in [1.807, 2.05) is 0 Å². The van der Waals surface area contributed by atoms with Crippen molar-refractivity contribution in [1.82, 2.24) is 14.9 Å². The van der Waals surface area contributed by atoms with E-state index < -0.39 is 24.3 Å². The summed E-state index contributed by atoms with van der Waals surface area (Å²) in [5.74, 6) is -0.416. The van der Waals surface area contributed by atoms with E-state index in [2.05, 4.69) is 4.74 Å². The second-order valence-corrected chi connectivity index (χ2v) is 7.19. The molecule has 1 saturated heterocycles. The van der Waals surface area contributed by atoms with Gasteiger partial charge in [0.05, 0.1) is 6.54 Å². The van der Waals surface area contributed by atoms with Gasteiger partial charge in [-0.1, -0.05) is 24.3 Å². The van der Waals surface area contributed by atoms with E-state index in [1.54, 1.807) is 24.3 Å². The number of amides is 4. The quantitative estimate of drug-likeness (QED) is 0.264. The first-order valence-electron chi connectivity index (χ1n) is 9.64. The second-order valence-electron chi connectivity index (χ2n) is 7.19. The van der Waals surface area contributed by atoms with Gasteiger partial charge in [0.15, 0.2) is 0 Å². The second kappa shape index (κ2) is 9.77. The average molecular weight is 467 g/mol. The molecule has 1 aliphatic rings. The smallest absolute Gasteiger partial charge is 0.491 e. The lowest BCUT2D eigenvalue weighted by Gasteiger charge is -2.26. The Balaban J connectivity index is 1.62. The summed E-state index contributed by atoms with van der Waals surface area (Å²) in [6.45, 7) is -0.551. The summed E-state index contributed by atoms with van der Waals surface area (Å²) in [6.07, 6.45) is -4.62. The van der Waals surface area contributed by atoms with Crippen LogP contribution in [-0.4, -0.2) is 77.6 Å². The van der Waals surface area contributed by atoms with Crippen LogP contribution in [0.1, 0.15) is 0 Å². The van der Waals surface area contributed by atoms with Gasteiger partial charge in [-0.05, 0) is 35.4 Å². The molecule has 3 rings (SSSR count). The third kappa shape index (κ3) is 6.13. The molecule has 0 radical (unpaired) electrons. The fourth-order valence-corrected chi connectivity index (χ4v) is 3.14. The monoisotopic (exact) mass is 467 g/mol. The summed E-state index contributed by atoms with van der Waals surface area (Å²) in [5, 5.41) is 10.2. The molecule has 12 heteroatoms. The Hall–Kier alpha value is -3.80. The number of hydroxylamine groups is 2. The lowest BCUT2D eigenvalue weighted by atomic mass is 10.1. The van der Waals surface area contributed by atoms with Crippen molar-refractivity contribution in [3.63, 3.8) is 0 Å². The van der Waals surface area contributed by atoms with Gasteiger partial charge >= 0.3 is 12.4 Å². The first-order chi connectivity index (χ1) is 15.6. The summed E-state index contributed by atoms with van der Waals surface area (Å²) in [6, 6.07) is 10.3. The number of alkyl halides is 3. The maximum atomic E-state index is 12.3. The van der Waals surface area contributed by atoms with Crippen LogP contribution in [0.2, 0.25) is 0 Å². The molecule has 0 bridgehead atoms. The normalized spacial score (nSPS) is 14.9. The minimum absolute atomic E-state index is 0.0936. The molecule has 1 fully saturated rings. The van der Waals surface area contributed by atoms with Crippen molar-refractivity contribution in [2.75, 3.05) is 26.7 Å². The van der Waals surface area contributed by atoms with E-state index in [0.29, 0.717) is 21.9 Å². The number of carbonyl (C=O) groups is 3. The number of benzene rings is 2. The fourth-order valence-electron chi connectivity index (χ4n) is 3.14. The molecule has 1 atom stereocenters. The average Bonchev–Trinajstić information content (AvgIpc) is 3.01. The van der Waals surface area contributed by atoms with Crippen LogP contribution in [0.4, 0.5) is 18.0 Å². The van der Waals surface area contributed by atoms with Gasteiger partial charge in [0, 0.05) is 7.05 Å². The largest absolute Gasteiger partial charge is 0.573 e. The Kier molecular flexibility index (Phi) is 7.07. The Labute approximate surface area is 186 Å². The van der Waals surface area contributed by atoms with Gasteiger partial charge in [0.2, 0.25) is 12.3 Å². The number of rotatable bonds is 9. The van der Waals surface area contributed by atoms with Crippen LogP contribution < -0.4 is 9.47 Å². The lowest BCUT2D eigenvalue weighted by molar-refractivity contribution is -0.274. The first-order valence-corrected chi connectivity index (χ1v) is 9.64. The van der Waals surface area contributed by atoms with E-state index in [4.69, 9.17) is 4.74 Å². The molecule has 176 valence electrons. The van der Waals surface area contributed by atoms with Gasteiger partial charge in [-0.2, -0.15) is 0 Å². The highest BCUT2D eigenvalue weighted by molar-refractivity contribution is 6.01. The highest BCUT2D eigenvalue weighted by Gasteiger charge is 2.36. The highest BCUT2D eigenvalue weighted by Crippen LogP contribution is 2.27. The Bertz CT molecular complexity index is 998. The molecule has 1 aliphatic heterocycles. The SMILES string of the molecule is CN1CC(=O)N(CC(COc2ccc(-c3ccc(OC(F)(F)F)cc3)cc2)N(O)C=O)C1=O. The minimum atomic E-state index is -4.77. The Morgan fingerprint density at radius 3 is 2.06 bits per heavy atom. The zero-order valence-electron chi connectivity index (χ0n) is 17.4. The minimum Gasteiger partial charge on any atom is -0.491 e. The van der Waals surface area contributed by atoms with Crippen molar-refractivity contribution in [3.05, 3.63) is 48.5 Å². The molecule has 0 aliphatic carbocycles. The van der Waals surface area contributed by atoms with Crippen LogP contribution >= 0.6 is 0 Å². The fraction of sp³-hybridized carbons (Fsp3) is 0.286. The van der Waals surface area contributed by atoms with E-state index in [0.717, 1.165) is 4.90 Å². The van der Waals surface area contributed by atoms with Crippen molar-refractivity contribution >= 4 is 18.3 Å². The molecular formula is C21H20F3N3O6. The molecule has 9 nitrogen and oxygen atoms in total. The Morgan fingerprint density at radius 1 is 1.06 bits per heavy atom. The molecule has 1 unspecified atom stereocenters. The lowest BCUT2D eigenvalue weighted by Crippen LogP contribution is -2.47. The Morgan fingerprint density at radius 2 is 1.61 bits per heavy atom. The third-order valence-corrected chi connectivity index (χ3v) is 4.82. The number of urea groups is 1. The van der Waals surface area contributed by atoms with Crippen LogP contribution in [0, 0.1) is 0 Å². The van der Waals surface area contributed by atoms with Gasteiger partial charge in [-0.15, -0.1) is 13.2 Å². The summed E-state index contributed by atoms with van der Waals surface area (Å²) in [7, 11) is 1.46. The van der Waals surface area contributed by atoms with Crippen LogP contribution in [0.15, 0.2) is 48.5 Å². The van der Waals surface area contributed by atoms with Gasteiger partial charge < -0.3 is 14.4 Å². The number of ether oxygens (including phenoxy) is 2. The van der Waals surface area contributed by atoms with Gasteiger partial charge in [-0.3, -0.25) is 19.7 Å². The maximum Gasteiger partial charge on any atom is 0.573 e. The van der Waals surface area contributed by atoms with Crippen molar-refractivity contribution in [2.24, 2.45) is 0 Å². The standard InChI is InChI=1S/C21H20F3N3O6/c1-25-11-19(29)26(20(25)30)10-16(27(31)13-28)12-32-17-6-2-14(3-7-17)15-4-8-18(9-5-15)33-21(22,23)24/h2-9,13,16,31H,10-12H2,1H3. The summed E-state index contributed by atoms with van der Waals surface area (Å²) in [5.41, 5.74) is 1.34. The zero-order chi connectivity index (χ0) is 24.2. The molecular weight excluding hydrogens is 447 g/mol. The van der Waals surface area contributed by atoms with Gasteiger partial charge in [-0.25, -0.2) is 9.86 Å². The van der Waals surface area contributed by atoms with Crippen molar-refractivity contribution in [3.8, 4) is 22.6 Å². The van der Waals surface area contributed by atoms with E-state index >= 15 is 0 Å². The van der Waals surface area contributed by atoms with Crippen molar-refractivity contribution < 1.29 is 42.2 Å². The van der Waals surface area contributed by atoms with E-state index in [1.165, 1.54) is 36.2 Å². The molecule has 2 aromatic rings. The van der Waals surface area contributed by atoms with Crippen LogP contribution in [0.25, 0.3) is 11.1 Å². The van der Waals surface area contributed by atoms with Crippen LogP contribution in [-0.2, 0) is 9.59 Å². The molecule has 2 aromatic carbocycles. The third-order valence-electron chi connectivity index (χ3n) is 4.82. The molecule has 0 aromatic heterocycles.